The van der Waals surface area contributed by atoms with Gasteiger partial charge in [0.25, 0.3) is 5.91 Å². The molecule has 0 aliphatic rings. The van der Waals surface area contributed by atoms with E-state index in [1.54, 1.807) is 30.3 Å². The van der Waals surface area contributed by atoms with Crippen molar-refractivity contribution in [1.82, 2.24) is 0 Å². The molecule has 0 unspecified atom stereocenters. The quantitative estimate of drug-likeness (QED) is 0.346. The van der Waals surface area contributed by atoms with Crippen molar-refractivity contribution in [3.8, 4) is 0 Å². The molecular formula is C21H17NO4S2. The molecule has 3 rings (SSSR count). The van der Waals surface area contributed by atoms with Crippen LogP contribution in [0.1, 0.15) is 27.0 Å². The van der Waals surface area contributed by atoms with E-state index in [9.17, 15) is 14.4 Å². The molecule has 2 heterocycles. The molecule has 142 valence electrons. The minimum atomic E-state index is -0.566. The van der Waals surface area contributed by atoms with Gasteiger partial charge in [0.15, 0.2) is 12.4 Å². The average molecular weight is 412 g/mol. The van der Waals surface area contributed by atoms with Crippen molar-refractivity contribution in [3.63, 3.8) is 0 Å². The summed E-state index contributed by atoms with van der Waals surface area (Å²) in [5, 5.41) is 6.43. The first kappa shape index (κ1) is 19.7. The fraction of sp³-hybridized carbons (Fsp3) is 0.0952. The van der Waals surface area contributed by atoms with Crippen molar-refractivity contribution in [2.45, 2.75) is 6.92 Å². The molecule has 0 saturated heterocycles. The summed E-state index contributed by atoms with van der Waals surface area (Å²) in [6, 6.07) is 14.1. The number of ether oxygens (including phenoxy) is 1. The lowest BCUT2D eigenvalue weighted by molar-refractivity contribution is -0.141. The lowest BCUT2D eigenvalue weighted by atomic mass is 10.1. The smallest absolute Gasteiger partial charge is 0.340 e. The summed E-state index contributed by atoms with van der Waals surface area (Å²) < 4.78 is 5.21. The summed E-state index contributed by atoms with van der Waals surface area (Å²) >= 11 is 2.93. The number of benzene rings is 1. The molecule has 1 N–H and O–H groups in total. The Kier molecular flexibility index (Phi) is 6.52. The Morgan fingerprint density at radius 3 is 2.50 bits per heavy atom. The van der Waals surface area contributed by atoms with Crippen LogP contribution in [-0.2, 0) is 14.3 Å². The summed E-state index contributed by atoms with van der Waals surface area (Å²) in [7, 11) is 0. The van der Waals surface area contributed by atoms with Crippen LogP contribution in [0.25, 0.3) is 11.6 Å². The maximum absolute atomic E-state index is 12.6. The Hall–Kier alpha value is -3.03. The van der Waals surface area contributed by atoms with E-state index >= 15 is 0 Å². The van der Waals surface area contributed by atoms with Gasteiger partial charge < -0.3 is 10.1 Å². The number of hydrogen-bond donors (Lipinski definition) is 1. The van der Waals surface area contributed by atoms with Crippen LogP contribution < -0.4 is 5.32 Å². The Labute approximate surface area is 170 Å². The van der Waals surface area contributed by atoms with Crippen molar-refractivity contribution in [2.75, 3.05) is 11.9 Å². The molecule has 28 heavy (non-hydrogen) atoms. The highest BCUT2D eigenvalue weighted by Crippen LogP contribution is 2.25. The van der Waals surface area contributed by atoms with Crippen LogP contribution in [0.4, 0.5) is 5.69 Å². The van der Waals surface area contributed by atoms with E-state index in [1.165, 1.54) is 29.6 Å². The number of rotatable bonds is 7. The van der Waals surface area contributed by atoms with Crippen LogP contribution in [-0.4, -0.2) is 24.3 Å². The second kappa shape index (κ2) is 9.25. The molecule has 0 atom stereocenters. The molecule has 7 heteroatoms. The number of nitrogens with one attached hydrogen (secondary N) is 1. The lowest BCUT2D eigenvalue weighted by Crippen LogP contribution is -2.21. The van der Waals surface area contributed by atoms with E-state index in [4.69, 9.17) is 4.74 Å². The van der Waals surface area contributed by atoms with Gasteiger partial charge in [0.1, 0.15) is 0 Å². The van der Waals surface area contributed by atoms with Crippen LogP contribution in [0.15, 0.2) is 59.3 Å². The first-order valence-corrected chi connectivity index (χ1v) is 10.2. The van der Waals surface area contributed by atoms with Crippen molar-refractivity contribution in [2.24, 2.45) is 0 Å². The first-order chi connectivity index (χ1) is 13.5. The lowest BCUT2D eigenvalue weighted by Gasteiger charge is -2.09. The Bertz CT molecular complexity index is 1000. The Balaban J connectivity index is 1.65. The Morgan fingerprint density at radius 2 is 1.82 bits per heavy atom. The zero-order valence-corrected chi connectivity index (χ0v) is 16.6. The fourth-order valence-electron chi connectivity index (χ4n) is 2.40. The SMILES string of the molecule is CC(=O)c1cccc(NC(=O)COC(=O)/C(=C/c2cccs2)c2cccs2)c1. The molecule has 0 spiro atoms. The van der Waals surface area contributed by atoms with Gasteiger partial charge >= 0.3 is 5.97 Å². The average Bonchev–Trinajstić information content (AvgIpc) is 3.38. The van der Waals surface area contributed by atoms with Crippen LogP contribution in [0.3, 0.4) is 0 Å². The molecule has 2 aromatic heterocycles. The summed E-state index contributed by atoms with van der Waals surface area (Å²) in [4.78, 5) is 37.8. The number of amides is 1. The number of carbonyl (C=O) groups excluding carboxylic acids is 3. The highest BCUT2D eigenvalue weighted by molar-refractivity contribution is 7.12. The monoisotopic (exact) mass is 411 g/mol. The van der Waals surface area contributed by atoms with E-state index in [0.29, 0.717) is 16.8 Å². The van der Waals surface area contributed by atoms with Crippen molar-refractivity contribution >= 4 is 57.7 Å². The molecule has 1 aromatic carbocycles. The van der Waals surface area contributed by atoms with E-state index < -0.39 is 18.5 Å². The first-order valence-electron chi connectivity index (χ1n) is 8.40. The number of carbonyl (C=O) groups is 3. The molecule has 0 radical (unpaired) electrons. The van der Waals surface area contributed by atoms with Gasteiger partial charge in [-0.25, -0.2) is 4.79 Å². The third-order valence-electron chi connectivity index (χ3n) is 3.72. The highest BCUT2D eigenvalue weighted by atomic mass is 32.1. The molecule has 0 aliphatic heterocycles. The van der Waals surface area contributed by atoms with Crippen LogP contribution in [0.5, 0.6) is 0 Å². The fourth-order valence-corrected chi connectivity index (χ4v) is 3.79. The van der Waals surface area contributed by atoms with Gasteiger partial charge in [0.2, 0.25) is 0 Å². The molecule has 0 bridgehead atoms. The maximum atomic E-state index is 12.6. The normalized spacial score (nSPS) is 11.1. The zero-order chi connectivity index (χ0) is 19.9. The maximum Gasteiger partial charge on any atom is 0.340 e. The van der Waals surface area contributed by atoms with Gasteiger partial charge in [-0.05, 0) is 48.0 Å². The number of ketones is 1. The van der Waals surface area contributed by atoms with Gasteiger partial charge in [-0.3, -0.25) is 9.59 Å². The van der Waals surface area contributed by atoms with Crippen LogP contribution in [0.2, 0.25) is 0 Å². The van der Waals surface area contributed by atoms with Gasteiger partial charge in [0.05, 0.1) is 5.57 Å². The predicted octanol–water partition coefficient (Wildman–Crippen LogP) is 4.73. The van der Waals surface area contributed by atoms with E-state index in [0.717, 1.165) is 9.75 Å². The summed E-state index contributed by atoms with van der Waals surface area (Å²) in [5.41, 5.74) is 1.37. The number of hydrogen-bond acceptors (Lipinski definition) is 6. The molecule has 1 amide bonds. The molecule has 5 nitrogen and oxygen atoms in total. The summed E-state index contributed by atoms with van der Waals surface area (Å²) in [6.07, 6.45) is 1.76. The minimum absolute atomic E-state index is 0.0955. The molecule has 3 aromatic rings. The van der Waals surface area contributed by atoms with Gasteiger partial charge in [0, 0.05) is 21.0 Å². The molecular weight excluding hydrogens is 394 g/mol. The number of anilines is 1. The van der Waals surface area contributed by atoms with E-state index in [2.05, 4.69) is 5.32 Å². The van der Waals surface area contributed by atoms with Crippen LogP contribution >= 0.6 is 22.7 Å². The second-order valence-electron chi connectivity index (χ2n) is 5.81. The number of esters is 1. The third-order valence-corrected chi connectivity index (χ3v) is 5.45. The zero-order valence-electron chi connectivity index (χ0n) is 15.0. The molecule has 0 aliphatic carbocycles. The van der Waals surface area contributed by atoms with Crippen molar-refractivity contribution in [3.05, 3.63) is 74.6 Å². The standard InChI is InChI=1S/C21H17NO4S2/c1-14(23)15-5-2-6-16(11-15)22-20(24)13-26-21(25)18(19-8-4-10-28-19)12-17-7-3-9-27-17/h2-12H,13H2,1H3,(H,22,24)/b18-12+. The predicted molar refractivity (Wildman–Crippen MR) is 113 cm³/mol. The van der Waals surface area contributed by atoms with Gasteiger partial charge in [-0.15, -0.1) is 22.7 Å². The summed E-state index contributed by atoms with van der Waals surface area (Å²) in [6.45, 7) is 1.03. The van der Waals surface area contributed by atoms with E-state index in [1.807, 2.05) is 35.0 Å². The third kappa shape index (κ3) is 5.25. The molecule has 0 saturated carbocycles. The van der Waals surface area contributed by atoms with E-state index in [-0.39, 0.29) is 5.78 Å². The largest absolute Gasteiger partial charge is 0.452 e. The van der Waals surface area contributed by atoms with Gasteiger partial charge in [-0.2, -0.15) is 0 Å². The van der Waals surface area contributed by atoms with Crippen molar-refractivity contribution < 1.29 is 19.1 Å². The number of thiophene rings is 2. The van der Waals surface area contributed by atoms with Crippen molar-refractivity contribution in [1.29, 1.82) is 0 Å². The topological polar surface area (TPSA) is 72.5 Å². The van der Waals surface area contributed by atoms with Crippen LogP contribution in [0, 0.1) is 0 Å². The highest BCUT2D eigenvalue weighted by Gasteiger charge is 2.17. The second-order valence-corrected chi connectivity index (χ2v) is 7.74. The minimum Gasteiger partial charge on any atom is -0.452 e. The Morgan fingerprint density at radius 1 is 1.04 bits per heavy atom. The van der Waals surface area contributed by atoms with Gasteiger partial charge in [-0.1, -0.05) is 24.3 Å². The number of Topliss-reactive ketones (excluding diaryl/α,β-unsaturated/α-hetero) is 1. The summed E-state index contributed by atoms with van der Waals surface area (Å²) in [5.74, 6) is -1.14. The molecule has 0 fully saturated rings.